The molecule has 2 atom stereocenters. The smallest absolute Gasteiger partial charge is 0.239 e. The van der Waals surface area contributed by atoms with Crippen LogP contribution in [0.3, 0.4) is 0 Å². The van der Waals surface area contributed by atoms with Gasteiger partial charge in [-0.15, -0.1) is 12.4 Å². The number of nitrogens with one attached hydrogen (secondary N) is 2. The number of rotatable bonds is 6. The second-order valence-electron chi connectivity index (χ2n) is 5.30. The second kappa shape index (κ2) is 9.66. The summed E-state index contributed by atoms with van der Waals surface area (Å²) in [5.41, 5.74) is 6.53. The van der Waals surface area contributed by atoms with Crippen LogP contribution in [0.2, 0.25) is 5.02 Å². The van der Waals surface area contributed by atoms with Crippen molar-refractivity contribution in [3.8, 4) is 0 Å². The first-order valence-electron chi connectivity index (χ1n) is 6.90. The van der Waals surface area contributed by atoms with Gasteiger partial charge in [-0.25, -0.2) is 0 Å². The van der Waals surface area contributed by atoms with Crippen molar-refractivity contribution in [1.82, 2.24) is 10.6 Å². The summed E-state index contributed by atoms with van der Waals surface area (Å²) < 4.78 is 0. The lowest BCUT2D eigenvalue weighted by Crippen LogP contribution is -2.47. The van der Waals surface area contributed by atoms with Gasteiger partial charge in [0.05, 0.1) is 18.6 Å². The molecule has 0 aromatic heterocycles. The zero-order chi connectivity index (χ0) is 16.0. The number of hydrogen-bond donors (Lipinski definition) is 3. The highest BCUT2D eigenvalue weighted by Crippen LogP contribution is 2.21. The van der Waals surface area contributed by atoms with Crippen LogP contribution >= 0.6 is 24.0 Å². The van der Waals surface area contributed by atoms with Gasteiger partial charge < -0.3 is 16.4 Å². The van der Waals surface area contributed by atoms with Gasteiger partial charge in [-0.1, -0.05) is 43.6 Å². The van der Waals surface area contributed by atoms with E-state index < -0.39 is 6.04 Å². The minimum absolute atomic E-state index is 0. The summed E-state index contributed by atoms with van der Waals surface area (Å²) >= 11 is 6.07. The fourth-order valence-electron chi connectivity index (χ4n) is 1.78. The highest BCUT2D eigenvalue weighted by Gasteiger charge is 2.18. The first kappa shape index (κ1) is 20.7. The van der Waals surface area contributed by atoms with Gasteiger partial charge in [-0.05, 0) is 24.5 Å². The van der Waals surface area contributed by atoms with Crippen molar-refractivity contribution in [3.63, 3.8) is 0 Å². The van der Waals surface area contributed by atoms with Crippen LogP contribution in [0.5, 0.6) is 0 Å². The summed E-state index contributed by atoms with van der Waals surface area (Å²) in [6, 6.07) is 6.45. The molecule has 0 radical (unpaired) electrons. The fourth-order valence-corrected chi connectivity index (χ4v) is 2.08. The number of amides is 2. The molecule has 7 heteroatoms. The molecule has 2 amide bonds. The lowest BCUT2D eigenvalue weighted by atomic mass is 10.1. The molecule has 0 saturated heterocycles. The van der Waals surface area contributed by atoms with E-state index in [0.29, 0.717) is 5.02 Å². The van der Waals surface area contributed by atoms with Gasteiger partial charge in [0, 0.05) is 5.02 Å². The summed E-state index contributed by atoms with van der Waals surface area (Å²) in [4.78, 5) is 23.5. The average molecular weight is 348 g/mol. The first-order chi connectivity index (χ1) is 9.82. The number of halogens is 2. The molecule has 0 aliphatic rings. The molecular weight excluding hydrogens is 325 g/mol. The van der Waals surface area contributed by atoms with Gasteiger partial charge in [0.2, 0.25) is 11.8 Å². The second-order valence-corrected chi connectivity index (χ2v) is 5.71. The van der Waals surface area contributed by atoms with E-state index in [2.05, 4.69) is 10.6 Å². The Balaban J connectivity index is 0.00000441. The molecule has 124 valence electrons. The van der Waals surface area contributed by atoms with E-state index >= 15 is 0 Å². The van der Waals surface area contributed by atoms with E-state index in [1.54, 1.807) is 6.07 Å². The van der Waals surface area contributed by atoms with Crippen molar-refractivity contribution in [1.29, 1.82) is 0 Å². The molecule has 0 fully saturated rings. The SMILES string of the molecule is CC(NC(=O)CNC(=O)[C@@H](N)C(C)C)c1ccccc1Cl.Cl. The average Bonchev–Trinajstić information content (AvgIpc) is 2.44. The highest BCUT2D eigenvalue weighted by atomic mass is 35.5. The van der Waals surface area contributed by atoms with Crippen molar-refractivity contribution in [2.24, 2.45) is 11.7 Å². The Labute approximate surface area is 142 Å². The molecule has 1 rings (SSSR count). The molecule has 0 spiro atoms. The number of carbonyl (C=O) groups is 2. The first-order valence-corrected chi connectivity index (χ1v) is 7.27. The maximum Gasteiger partial charge on any atom is 0.239 e. The zero-order valence-electron chi connectivity index (χ0n) is 12.9. The van der Waals surface area contributed by atoms with Crippen LogP contribution in [0.15, 0.2) is 24.3 Å². The van der Waals surface area contributed by atoms with Gasteiger partial charge in [0.1, 0.15) is 0 Å². The quantitative estimate of drug-likeness (QED) is 0.736. The minimum atomic E-state index is -0.612. The van der Waals surface area contributed by atoms with E-state index in [1.165, 1.54) is 0 Å². The standard InChI is InChI=1S/C15H22ClN3O2.ClH/c1-9(2)14(17)15(21)18-8-13(20)19-10(3)11-6-4-5-7-12(11)16;/h4-7,9-10,14H,8,17H2,1-3H3,(H,18,21)(H,19,20);1H/t10?,14-;/m0./s1. The van der Waals surface area contributed by atoms with Gasteiger partial charge in [0.25, 0.3) is 0 Å². The predicted octanol–water partition coefficient (Wildman–Crippen LogP) is 2.04. The number of benzene rings is 1. The monoisotopic (exact) mass is 347 g/mol. The Kier molecular flexibility index (Phi) is 9.09. The van der Waals surface area contributed by atoms with Crippen molar-refractivity contribution in [2.75, 3.05) is 6.54 Å². The van der Waals surface area contributed by atoms with E-state index in [1.807, 2.05) is 39.0 Å². The molecule has 0 heterocycles. The maximum atomic E-state index is 11.8. The van der Waals surface area contributed by atoms with Crippen LogP contribution in [0.1, 0.15) is 32.4 Å². The van der Waals surface area contributed by atoms with Crippen LogP contribution in [0, 0.1) is 5.92 Å². The molecule has 1 aromatic carbocycles. The summed E-state index contributed by atoms with van der Waals surface area (Å²) in [5, 5.41) is 5.90. The van der Waals surface area contributed by atoms with Crippen molar-refractivity contribution < 1.29 is 9.59 Å². The molecule has 22 heavy (non-hydrogen) atoms. The van der Waals surface area contributed by atoms with E-state index in [9.17, 15) is 9.59 Å². The number of hydrogen-bond acceptors (Lipinski definition) is 3. The maximum absolute atomic E-state index is 11.8. The van der Waals surface area contributed by atoms with E-state index in [4.69, 9.17) is 17.3 Å². The Morgan fingerprint density at radius 1 is 1.23 bits per heavy atom. The summed E-state index contributed by atoms with van der Waals surface area (Å²) in [7, 11) is 0. The molecule has 0 bridgehead atoms. The zero-order valence-corrected chi connectivity index (χ0v) is 14.5. The molecule has 1 unspecified atom stereocenters. The molecule has 1 aromatic rings. The topological polar surface area (TPSA) is 84.2 Å². The van der Waals surface area contributed by atoms with Crippen LogP contribution in [0.4, 0.5) is 0 Å². The van der Waals surface area contributed by atoms with Gasteiger partial charge in [-0.3, -0.25) is 9.59 Å². The molecular formula is C15H23Cl2N3O2. The van der Waals surface area contributed by atoms with Gasteiger partial charge in [-0.2, -0.15) is 0 Å². The molecule has 4 N–H and O–H groups in total. The summed E-state index contributed by atoms with van der Waals surface area (Å²) in [5.74, 6) is -0.590. The molecule has 5 nitrogen and oxygen atoms in total. The van der Waals surface area contributed by atoms with Crippen LogP contribution < -0.4 is 16.4 Å². The third kappa shape index (κ3) is 6.22. The Hall–Kier alpha value is -1.30. The van der Waals surface area contributed by atoms with Gasteiger partial charge >= 0.3 is 0 Å². The van der Waals surface area contributed by atoms with Crippen molar-refractivity contribution in [2.45, 2.75) is 32.9 Å². The summed E-state index contributed by atoms with van der Waals surface area (Å²) in [6.45, 7) is 5.43. The van der Waals surface area contributed by atoms with Crippen LogP contribution in [-0.2, 0) is 9.59 Å². The van der Waals surface area contributed by atoms with E-state index in [-0.39, 0.29) is 42.7 Å². The normalized spacial score (nSPS) is 13.0. The highest BCUT2D eigenvalue weighted by molar-refractivity contribution is 6.31. The lowest BCUT2D eigenvalue weighted by molar-refractivity contribution is -0.127. The number of carbonyl (C=O) groups excluding carboxylic acids is 2. The van der Waals surface area contributed by atoms with Gasteiger partial charge in [0.15, 0.2) is 0 Å². The Bertz CT molecular complexity index is 509. The lowest BCUT2D eigenvalue weighted by Gasteiger charge is -2.18. The van der Waals surface area contributed by atoms with Crippen LogP contribution in [0.25, 0.3) is 0 Å². The number of nitrogens with two attached hydrogens (primary N) is 1. The minimum Gasteiger partial charge on any atom is -0.348 e. The summed E-state index contributed by atoms with van der Waals surface area (Å²) in [6.07, 6.45) is 0. The Morgan fingerprint density at radius 3 is 2.36 bits per heavy atom. The van der Waals surface area contributed by atoms with Crippen LogP contribution in [-0.4, -0.2) is 24.4 Å². The molecule has 0 aliphatic carbocycles. The third-order valence-corrected chi connectivity index (χ3v) is 3.54. The van der Waals surface area contributed by atoms with Crippen molar-refractivity contribution in [3.05, 3.63) is 34.9 Å². The largest absolute Gasteiger partial charge is 0.348 e. The predicted molar refractivity (Wildman–Crippen MR) is 91.1 cm³/mol. The molecule has 0 saturated carbocycles. The van der Waals surface area contributed by atoms with Crippen molar-refractivity contribution >= 4 is 35.8 Å². The Morgan fingerprint density at radius 2 is 1.82 bits per heavy atom. The fraction of sp³-hybridized carbons (Fsp3) is 0.467. The van der Waals surface area contributed by atoms with E-state index in [0.717, 1.165) is 5.56 Å². The third-order valence-electron chi connectivity index (χ3n) is 3.19. The molecule has 0 aliphatic heterocycles.